The number of aromatic nitrogens is 2. The van der Waals surface area contributed by atoms with Crippen LogP contribution in [-0.4, -0.2) is 9.72 Å². The standard InChI is InChI=1S/C20H15ClFN3O2/c1-10-20(11(2)27-24-10)12-3-4-13-17(7-12)25(6-5-19(13)26)18-9-16(23)14(21)8-15(18)22/h3-9H,23H2,1-2H3. The minimum absolute atomic E-state index is 0.137. The molecule has 0 amide bonds. The third-order valence-electron chi connectivity index (χ3n) is 4.55. The van der Waals surface area contributed by atoms with Crippen LogP contribution in [0.3, 0.4) is 0 Å². The highest BCUT2D eigenvalue weighted by Gasteiger charge is 2.15. The van der Waals surface area contributed by atoms with Gasteiger partial charge in [-0.1, -0.05) is 22.8 Å². The van der Waals surface area contributed by atoms with E-state index in [9.17, 15) is 9.18 Å². The zero-order chi connectivity index (χ0) is 19.3. The summed E-state index contributed by atoms with van der Waals surface area (Å²) < 4.78 is 21.4. The monoisotopic (exact) mass is 383 g/mol. The van der Waals surface area contributed by atoms with Gasteiger partial charge in [-0.05, 0) is 43.7 Å². The maximum absolute atomic E-state index is 14.6. The Morgan fingerprint density at radius 1 is 1.19 bits per heavy atom. The number of halogens is 2. The zero-order valence-electron chi connectivity index (χ0n) is 14.6. The predicted molar refractivity (Wildman–Crippen MR) is 104 cm³/mol. The van der Waals surface area contributed by atoms with Gasteiger partial charge in [-0.2, -0.15) is 0 Å². The molecule has 27 heavy (non-hydrogen) atoms. The number of nitrogens with zero attached hydrogens (tertiary/aromatic N) is 2. The van der Waals surface area contributed by atoms with Crippen LogP contribution in [0, 0.1) is 19.7 Å². The van der Waals surface area contributed by atoms with E-state index in [2.05, 4.69) is 5.16 Å². The van der Waals surface area contributed by atoms with Gasteiger partial charge in [0.2, 0.25) is 0 Å². The first-order chi connectivity index (χ1) is 12.9. The van der Waals surface area contributed by atoms with Gasteiger partial charge >= 0.3 is 0 Å². The number of rotatable bonds is 2. The third-order valence-corrected chi connectivity index (χ3v) is 4.87. The maximum atomic E-state index is 14.6. The fourth-order valence-electron chi connectivity index (χ4n) is 3.25. The summed E-state index contributed by atoms with van der Waals surface area (Å²) in [6.07, 6.45) is 1.52. The van der Waals surface area contributed by atoms with Crippen molar-refractivity contribution in [2.24, 2.45) is 0 Å². The van der Waals surface area contributed by atoms with Gasteiger partial charge < -0.3 is 14.8 Å². The van der Waals surface area contributed by atoms with E-state index >= 15 is 0 Å². The highest BCUT2D eigenvalue weighted by Crippen LogP contribution is 2.31. The fraction of sp³-hybridized carbons (Fsp3) is 0.100. The molecule has 5 nitrogen and oxygen atoms in total. The predicted octanol–water partition coefficient (Wildman–Crippen LogP) is 4.64. The van der Waals surface area contributed by atoms with Crippen LogP contribution in [0.5, 0.6) is 0 Å². The van der Waals surface area contributed by atoms with E-state index < -0.39 is 5.82 Å². The molecule has 0 saturated heterocycles. The van der Waals surface area contributed by atoms with Crippen molar-refractivity contribution in [1.82, 2.24) is 9.72 Å². The molecule has 0 fully saturated rings. The van der Waals surface area contributed by atoms with Gasteiger partial charge in [0.05, 0.1) is 27.6 Å². The molecule has 0 spiro atoms. The number of pyridine rings is 1. The Kier molecular flexibility index (Phi) is 4.00. The summed E-state index contributed by atoms with van der Waals surface area (Å²) >= 11 is 5.90. The molecule has 136 valence electrons. The summed E-state index contributed by atoms with van der Waals surface area (Å²) in [6.45, 7) is 3.66. The molecule has 2 aromatic heterocycles. The molecule has 4 aromatic rings. The first kappa shape index (κ1) is 17.3. The molecule has 0 saturated carbocycles. The van der Waals surface area contributed by atoms with Gasteiger partial charge in [-0.3, -0.25) is 4.79 Å². The number of hydrogen-bond acceptors (Lipinski definition) is 4. The van der Waals surface area contributed by atoms with Crippen molar-refractivity contribution in [2.75, 3.05) is 5.73 Å². The van der Waals surface area contributed by atoms with Crippen LogP contribution in [0.4, 0.5) is 10.1 Å². The van der Waals surface area contributed by atoms with Crippen molar-refractivity contribution in [3.63, 3.8) is 0 Å². The zero-order valence-corrected chi connectivity index (χ0v) is 15.3. The van der Waals surface area contributed by atoms with E-state index in [1.54, 1.807) is 10.6 Å². The van der Waals surface area contributed by atoms with E-state index in [4.69, 9.17) is 21.9 Å². The smallest absolute Gasteiger partial charge is 0.189 e. The molecule has 7 heteroatoms. The highest BCUT2D eigenvalue weighted by molar-refractivity contribution is 6.33. The highest BCUT2D eigenvalue weighted by atomic mass is 35.5. The van der Waals surface area contributed by atoms with Crippen LogP contribution in [0.1, 0.15) is 11.5 Å². The third kappa shape index (κ3) is 2.78. The number of anilines is 1. The number of nitrogens with two attached hydrogens (primary N) is 1. The molecule has 0 aliphatic heterocycles. The summed E-state index contributed by atoms with van der Waals surface area (Å²) in [4.78, 5) is 12.3. The lowest BCUT2D eigenvalue weighted by atomic mass is 10.0. The van der Waals surface area contributed by atoms with Crippen molar-refractivity contribution in [2.45, 2.75) is 13.8 Å². The Morgan fingerprint density at radius 2 is 1.96 bits per heavy atom. The normalized spacial score (nSPS) is 11.3. The molecule has 0 radical (unpaired) electrons. The minimum Gasteiger partial charge on any atom is -0.397 e. The van der Waals surface area contributed by atoms with E-state index in [1.807, 2.05) is 26.0 Å². The lowest BCUT2D eigenvalue weighted by Gasteiger charge is -2.14. The molecule has 2 aromatic carbocycles. The number of aryl methyl sites for hydroxylation is 2. The first-order valence-electron chi connectivity index (χ1n) is 8.20. The van der Waals surface area contributed by atoms with Crippen molar-refractivity contribution in [1.29, 1.82) is 0 Å². The average molecular weight is 384 g/mol. The Morgan fingerprint density at radius 3 is 2.67 bits per heavy atom. The number of hydrogen-bond donors (Lipinski definition) is 1. The molecule has 0 aliphatic rings. The van der Waals surface area contributed by atoms with Gasteiger partial charge in [-0.25, -0.2) is 4.39 Å². The van der Waals surface area contributed by atoms with Crippen molar-refractivity contribution in [3.8, 4) is 16.8 Å². The molecular weight excluding hydrogens is 369 g/mol. The molecule has 2 heterocycles. The Balaban J connectivity index is 2.05. The molecular formula is C20H15ClFN3O2. The van der Waals surface area contributed by atoms with Crippen LogP contribution in [0.25, 0.3) is 27.7 Å². The average Bonchev–Trinajstić information content (AvgIpc) is 2.97. The summed E-state index contributed by atoms with van der Waals surface area (Å²) in [6, 6.07) is 9.36. The van der Waals surface area contributed by atoms with Crippen molar-refractivity contribution >= 4 is 28.2 Å². The second kappa shape index (κ2) is 6.25. The van der Waals surface area contributed by atoms with Crippen LogP contribution in [0.15, 0.2) is 51.9 Å². The second-order valence-corrected chi connectivity index (χ2v) is 6.71. The fourth-order valence-corrected chi connectivity index (χ4v) is 3.40. The van der Waals surface area contributed by atoms with E-state index in [0.717, 1.165) is 22.9 Å². The van der Waals surface area contributed by atoms with Gasteiger partial charge in [0.1, 0.15) is 11.6 Å². The SMILES string of the molecule is Cc1noc(C)c1-c1ccc2c(=O)ccn(-c3cc(N)c(Cl)cc3F)c2c1. The van der Waals surface area contributed by atoms with Gasteiger partial charge in [0.25, 0.3) is 0 Å². The Hall–Kier alpha value is -3.12. The van der Waals surface area contributed by atoms with Gasteiger partial charge in [-0.15, -0.1) is 0 Å². The Labute approximate surface area is 158 Å². The number of fused-ring (bicyclic) bond motifs is 1. The lowest BCUT2D eigenvalue weighted by molar-refractivity contribution is 0.393. The van der Waals surface area contributed by atoms with Gasteiger partial charge in [0, 0.05) is 23.2 Å². The van der Waals surface area contributed by atoms with Crippen LogP contribution < -0.4 is 11.2 Å². The molecule has 0 unspecified atom stereocenters. The molecule has 0 atom stereocenters. The van der Waals surface area contributed by atoms with Gasteiger partial charge in [0.15, 0.2) is 5.43 Å². The van der Waals surface area contributed by atoms with Crippen LogP contribution in [-0.2, 0) is 0 Å². The summed E-state index contributed by atoms with van der Waals surface area (Å²) in [5.74, 6) is 0.125. The summed E-state index contributed by atoms with van der Waals surface area (Å²) in [5.41, 5.74) is 9.09. The topological polar surface area (TPSA) is 74.0 Å². The molecule has 4 rings (SSSR count). The number of benzene rings is 2. The molecule has 0 aliphatic carbocycles. The Bertz CT molecular complexity index is 1240. The summed E-state index contributed by atoms with van der Waals surface area (Å²) in [5, 5.41) is 4.57. The van der Waals surface area contributed by atoms with Crippen LogP contribution in [0.2, 0.25) is 5.02 Å². The van der Waals surface area contributed by atoms with E-state index in [-0.39, 0.29) is 21.8 Å². The van der Waals surface area contributed by atoms with E-state index in [0.29, 0.717) is 16.7 Å². The molecule has 2 N–H and O–H groups in total. The van der Waals surface area contributed by atoms with Crippen LogP contribution >= 0.6 is 11.6 Å². The molecule has 0 bridgehead atoms. The quantitative estimate of drug-likeness (QED) is 0.512. The lowest BCUT2D eigenvalue weighted by Crippen LogP contribution is -2.08. The second-order valence-electron chi connectivity index (χ2n) is 6.31. The number of nitrogen functional groups attached to an aromatic ring is 1. The van der Waals surface area contributed by atoms with Crippen molar-refractivity contribution in [3.05, 3.63) is 75.1 Å². The maximum Gasteiger partial charge on any atom is 0.189 e. The minimum atomic E-state index is -0.540. The summed E-state index contributed by atoms with van der Waals surface area (Å²) in [7, 11) is 0. The largest absolute Gasteiger partial charge is 0.397 e. The first-order valence-corrected chi connectivity index (χ1v) is 8.58. The van der Waals surface area contributed by atoms with E-state index in [1.165, 1.54) is 18.3 Å². The van der Waals surface area contributed by atoms with Crippen molar-refractivity contribution < 1.29 is 8.91 Å².